The summed E-state index contributed by atoms with van der Waals surface area (Å²) < 4.78 is 40.1. The molecule has 116 valence electrons. The van der Waals surface area contributed by atoms with Gasteiger partial charge in [0.2, 0.25) is 0 Å². The molecule has 0 saturated heterocycles. The van der Waals surface area contributed by atoms with Crippen molar-refractivity contribution in [1.82, 2.24) is 5.32 Å². The summed E-state index contributed by atoms with van der Waals surface area (Å²) in [5.74, 6) is 0.346. The van der Waals surface area contributed by atoms with Crippen LogP contribution in [0.1, 0.15) is 23.5 Å². The van der Waals surface area contributed by atoms with Crippen LogP contribution in [-0.2, 0) is 6.54 Å². The Morgan fingerprint density at radius 3 is 2.32 bits per heavy atom. The summed E-state index contributed by atoms with van der Waals surface area (Å²) in [6, 6.07) is 16.7. The Kier molecular flexibility index (Phi) is 4.07. The predicted octanol–water partition coefficient (Wildman–Crippen LogP) is 4.23. The third-order valence-corrected chi connectivity index (χ3v) is 3.74. The second-order valence-electron chi connectivity index (χ2n) is 5.43. The molecule has 0 spiro atoms. The molecule has 2 aromatic rings. The second-order valence-corrected chi connectivity index (χ2v) is 5.43. The largest absolute Gasteiger partial charge is 0.573 e. The number of alkyl halides is 3. The van der Waals surface area contributed by atoms with Crippen molar-refractivity contribution in [3.8, 4) is 5.75 Å². The van der Waals surface area contributed by atoms with Crippen LogP contribution in [0.15, 0.2) is 54.6 Å². The van der Waals surface area contributed by atoms with Gasteiger partial charge in [-0.2, -0.15) is 0 Å². The number of rotatable bonds is 5. The number of ether oxygens (including phenoxy) is 1. The molecule has 0 bridgehead atoms. The summed E-state index contributed by atoms with van der Waals surface area (Å²) in [6.07, 6.45) is -3.55. The molecule has 3 rings (SSSR count). The lowest BCUT2D eigenvalue weighted by molar-refractivity contribution is -0.274. The van der Waals surface area contributed by atoms with E-state index >= 15 is 0 Å². The average Bonchev–Trinajstić information content (AvgIpc) is 3.26. The molecule has 1 aliphatic carbocycles. The standard InChI is InChI=1S/C17H16F3NO/c18-17(19,20)22-14-8-6-12(7-9-14)11-21-16-10-15(16)13-4-2-1-3-5-13/h1-9,15-16,21H,10-11H2/t15?,16-/m0/s1. The minimum absolute atomic E-state index is 0.190. The van der Waals surface area contributed by atoms with Gasteiger partial charge in [-0.1, -0.05) is 42.5 Å². The van der Waals surface area contributed by atoms with Gasteiger partial charge < -0.3 is 10.1 Å². The molecule has 2 aromatic carbocycles. The fourth-order valence-electron chi connectivity index (χ4n) is 2.55. The maximum atomic E-state index is 12.1. The van der Waals surface area contributed by atoms with E-state index in [9.17, 15) is 13.2 Å². The molecule has 0 radical (unpaired) electrons. The van der Waals surface area contributed by atoms with Gasteiger partial charge in [0.1, 0.15) is 5.75 Å². The van der Waals surface area contributed by atoms with Gasteiger partial charge in [-0.3, -0.25) is 0 Å². The molecule has 22 heavy (non-hydrogen) atoms. The third kappa shape index (κ3) is 4.01. The molecule has 0 amide bonds. The van der Waals surface area contributed by atoms with Crippen molar-refractivity contribution in [2.45, 2.75) is 31.3 Å². The van der Waals surface area contributed by atoms with E-state index in [1.54, 1.807) is 12.1 Å². The highest BCUT2D eigenvalue weighted by molar-refractivity contribution is 5.29. The van der Waals surface area contributed by atoms with Crippen molar-refractivity contribution in [3.05, 3.63) is 65.7 Å². The van der Waals surface area contributed by atoms with Crippen molar-refractivity contribution in [2.75, 3.05) is 0 Å². The SMILES string of the molecule is FC(F)(F)Oc1ccc(CN[C@H]2CC2c2ccccc2)cc1. The fraction of sp³-hybridized carbons (Fsp3) is 0.294. The molecule has 0 heterocycles. The molecule has 1 N–H and O–H groups in total. The second kappa shape index (κ2) is 6.01. The zero-order valence-electron chi connectivity index (χ0n) is 11.8. The summed E-state index contributed by atoms with van der Waals surface area (Å²) in [5, 5.41) is 3.43. The Morgan fingerprint density at radius 2 is 1.68 bits per heavy atom. The smallest absolute Gasteiger partial charge is 0.406 e. The van der Waals surface area contributed by atoms with Gasteiger partial charge in [0, 0.05) is 18.5 Å². The highest BCUT2D eigenvalue weighted by Crippen LogP contribution is 2.40. The maximum absolute atomic E-state index is 12.1. The Bertz CT molecular complexity index is 610. The first-order valence-electron chi connectivity index (χ1n) is 7.14. The Hall–Kier alpha value is -2.01. The summed E-state index contributed by atoms with van der Waals surface area (Å²) in [5.41, 5.74) is 2.27. The zero-order valence-corrected chi connectivity index (χ0v) is 11.8. The Labute approximate surface area is 126 Å². The molecule has 0 aliphatic heterocycles. The van der Waals surface area contributed by atoms with Crippen LogP contribution in [0.5, 0.6) is 5.75 Å². The van der Waals surface area contributed by atoms with E-state index in [1.165, 1.54) is 17.7 Å². The summed E-state index contributed by atoms with van der Waals surface area (Å²) in [6.45, 7) is 0.639. The number of halogens is 3. The first kappa shape index (κ1) is 14.9. The Morgan fingerprint density at radius 1 is 1.00 bits per heavy atom. The van der Waals surface area contributed by atoms with Gasteiger partial charge in [-0.15, -0.1) is 13.2 Å². The summed E-state index contributed by atoms with van der Waals surface area (Å²) in [7, 11) is 0. The molecule has 5 heteroatoms. The topological polar surface area (TPSA) is 21.3 Å². The molecule has 1 fully saturated rings. The van der Waals surface area contributed by atoms with Crippen LogP contribution in [0.2, 0.25) is 0 Å². The summed E-state index contributed by atoms with van der Waals surface area (Å²) in [4.78, 5) is 0. The van der Waals surface area contributed by atoms with Crippen molar-refractivity contribution in [1.29, 1.82) is 0 Å². The van der Waals surface area contributed by atoms with E-state index in [-0.39, 0.29) is 5.75 Å². The molecule has 1 aliphatic rings. The van der Waals surface area contributed by atoms with E-state index in [0.717, 1.165) is 12.0 Å². The van der Waals surface area contributed by atoms with Crippen LogP contribution in [0, 0.1) is 0 Å². The normalized spacial score (nSPS) is 20.7. The lowest BCUT2D eigenvalue weighted by atomic mass is 10.1. The fourth-order valence-corrected chi connectivity index (χ4v) is 2.55. The van der Waals surface area contributed by atoms with Gasteiger partial charge in [0.05, 0.1) is 0 Å². The van der Waals surface area contributed by atoms with Gasteiger partial charge in [0.25, 0.3) is 0 Å². The zero-order chi connectivity index (χ0) is 15.6. The van der Waals surface area contributed by atoms with Crippen LogP contribution < -0.4 is 10.1 Å². The van der Waals surface area contributed by atoms with Gasteiger partial charge >= 0.3 is 6.36 Å². The van der Waals surface area contributed by atoms with E-state index < -0.39 is 6.36 Å². The van der Waals surface area contributed by atoms with Crippen LogP contribution in [0.25, 0.3) is 0 Å². The van der Waals surface area contributed by atoms with E-state index in [4.69, 9.17) is 0 Å². The minimum Gasteiger partial charge on any atom is -0.406 e. The highest BCUT2D eigenvalue weighted by atomic mass is 19.4. The highest BCUT2D eigenvalue weighted by Gasteiger charge is 2.37. The molecule has 1 unspecified atom stereocenters. The molecular formula is C17H16F3NO. The average molecular weight is 307 g/mol. The van der Waals surface area contributed by atoms with Crippen LogP contribution >= 0.6 is 0 Å². The first-order valence-corrected chi connectivity index (χ1v) is 7.14. The van der Waals surface area contributed by atoms with Crippen molar-refractivity contribution in [3.63, 3.8) is 0 Å². The monoisotopic (exact) mass is 307 g/mol. The lowest BCUT2D eigenvalue weighted by Gasteiger charge is -2.09. The van der Waals surface area contributed by atoms with Gasteiger partial charge in [-0.05, 0) is 29.7 Å². The molecule has 0 aromatic heterocycles. The lowest BCUT2D eigenvalue weighted by Crippen LogP contribution is -2.18. The number of hydrogen-bond acceptors (Lipinski definition) is 2. The van der Waals surface area contributed by atoms with E-state index in [1.807, 2.05) is 18.2 Å². The number of benzene rings is 2. The van der Waals surface area contributed by atoms with E-state index in [0.29, 0.717) is 18.5 Å². The van der Waals surface area contributed by atoms with Crippen molar-refractivity contribution in [2.24, 2.45) is 0 Å². The van der Waals surface area contributed by atoms with Crippen molar-refractivity contribution >= 4 is 0 Å². The predicted molar refractivity (Wildman–Crippen MR) is 77.6 cm³/mol. The summed E-state index contributed by atoms with van der Waals surface area (Å²) >= 11 is 0. The first-order chi connectivity index (χ1) is 10.5. The molecule has 1 saturated carbocycles. The maximum Gasteiger partial charge on any atom is 0.573 e. The van der Waals surface area contributed by atoms with Crippen LogP contribution in [-0.4, -0.2) is 12.4 Å². The minimum atomic E-state index is -4.64. The van der Waals surface area contributed by atoms with Crippen molar-refractivity contribution < 1.29 is 17.9 Å². The van der Waals surface area contributed by atoms with E-state index in [2.05, 4.69) is 22.2 Å². The molecule has 2 nitrogen and oxygen atoms in total. The molecular weight excluding hydrogens is 291 g/mol. The number of hydrogen-bond donors (Lipinski definition) is 1. The number of nitrogens with one attached hydrogen (secondary N) is 1. The van der Waals surface area contributed by atoms with Gasteiger partial charge in [-0.25, -0.2) is 0 Å². The Balaban J connectivity index is 1.49. The molecule has 2 atom stereocenters. The van der Waals surface area contributed by atoms with Crippen LogP contribution in [0.4, 0.5) is 13.2 Å². The quantitative estimate of drug-likeness (QED) is 0.892. The van der Waals surface area contributed by atoms with Gasteiger partial charge in [0.15, 0.2) is 0 Å². The van der Waals surface area contributed by atoms with Crippen LogP contribution in [0.3, 0.4) is 0 Å². The third-order valence-electron chi connectivity index (χ3n) is 3.74.